The predicted octanol–water partition coefficient (Wildman–Crippen LogP) is 8.46. The van der Waals surface area contributed by atoms with Gasteiger partial charge in [0.2, 0.25) is 0 Å². The van der Waals surface area contributed by atoms with Crippen molar-refractivity contribution in [2.75, 3.05) is 5.32 Å². The fourth-order valence-electron chi connectivity index (χ4n) is 7.67. The van der Waals surface area contributed by atoms with Crippen LogP contribution in [0.5, 0.6) is 0 Å². The van der Waals surface area contributed by atoms with E-state index in [1.807, 2.05) is 0 Å². The quantitative estimate of drug-likeness (QED) is 0.245. The lowest BCUT2D eigenvalue weighted by atomic mass is 9.61. The Balaban J connectivity index is 1.51. The number of rotatable bonds is 6. The van der Waals surface area contributed by atoms with Crippen molar-refractivity contribution in [3.63, 3.8) is 0 Å². The Morgan fingerprint density at radius 2 is 1.39 bits per heavy atom. The third-order valence-corrected chi connectivity index (χ3v) is 9.79. The lowest BCUT2D eigenvalue weighted by Crippen LogP contribution is -2.34. The molecule has 7 rings (SSSR count). The Kier molecular flexibility index (Phi) is 6.54. The average Bonchev–Trinajstić information content (AvgIpc) is 3.60. The average molecular weight is 534 g/mol. The summed E-state index contributed by atoms with van der Waals surface area (Å²) in [6.45, 7) is 6.96. The predicted molar refractivity (Wildman–Crippen MR) is 175 cm³/mol. The van der Waals surface area contributed by atoms with Crippen molar-refractivity contribution in [2.45, 2.75) is 64.3 Å². The molecule has 0 aliphatic heterocycles. The largest absolute Gasteiger partial charge is 0.382 e. The third-order valence-electron chi connectivity index (χ3n) is 9.79. The van der Waals surface area contributed by atoms with E-state index in [1.165, 1.54) is 98.3 Å². The molecular weight excluding hydrogens is 494 g/mol. The lowest BCUT2D eigenvalue weighted by Gasteiger charge is -2.40. The molecule has 1 fully saturated rings. The van der Waals surface area contributed by atoms with E-state index in [0.717, 1.165) is 0 Å². The van der Waals surface area contributed by atoms with Gasteiger partial charge in [-0.1, -0.05) is 110 Å². The number of benzene rings is 4. The van der Waals surface area contributed by atoms with Gasteiger partial charge in [0, 0.05) is 11.7 Å². The summed E-state index contributed by atoms with van der Waals surface area (Å²) in [5.74, 6) is 0. The summed E-state index contributed by atoms with van der Waals surface area (Å²) in [6.07, 6.45) is 15.6. The Morgan fingerprint density at radius 1 is 0.707 bits per heavy atom. The highest BCUT2D eigenvalue weighted by Crippen LogP contribution is 2.52. The lowest BCUT2D eigenvalue weighted by molar-refractivity contribution is 0.462. The van der Waals surface area contributed by atoms with Crippen molar-refractivity contribution in [3.8, 4) is 0 Å². The summed E-state index contributed by atoms with van der Waals surface area (Å²) in [4.78, 5) is 0. The van der Waals surface area contributed by atoms with Crippen LogP contribution in [0, 0.1) is 13.8 Å². The highest BCUT2D eigenvalue weighted by molar-refractivity contribution is 5.94. The molecule has 41 heavy (non-hydrogen) atoms. The van der Waals surface area contributed by atoms with Crippen molar-refractivity contribution >= 4 is 29.5 Å². The number of hydrogen-bond donors (Lipinski definition) is 1. The highest BCUT2D eigenvalue weighted by atomic mass is 14.9. The zero-order valence-electron chi connectivity index (χ0n) is 24.5. The summed E-state index contributed by atoms with van der Waals surface area (Å²) < 4.78 is 0. The SMILES string of the molecule is CC1=C(C(c2ccccc2)(c2ccccc2)c2ccc(NC3CCCCC3)c(C)c2C)c2cc3c(cc2=C1)C=CC=3. The molecule has 4 aromatic rings. The molecule has 0 saturated heterocycles. The fourth-order valence-corrected chi connectivity index (χ4v) is 7.67. The second kappa shape index (κ2) is 10.4. The molecule has 3 aliphatic rings. The van der Waals surface area contributed by atoms with Gasteiger partial charge in [0.25, 0.3) is 0 Å². The molecule has 0 aromatic heterocycles. The van der Waals surface area contributed by atoms with Crippen LogP contribution in [0.15, 0.2) is 96.6 Å². The van der Waals surface area contributed by atoms with Gasteiger partial charge in [0.15, 0.2) is 0 Å². The number of fused-ring (bicyclic) bond motifs is 2. The summed E-state index contributed by atoms with van der Waals surface area (Å²) in [6, 6.07) is 32.5. The van der Waals surface area contributed by atoms with Crippen LogP contribution < -0.4 is 15.8 Å². The van der Waals surface area contributed by atoms with Gasteiger partial charge in [-0.3, -0.25) is 0 Å². The minimum absolute atomic E-state index is 0.465. The zero-order chi connectivity index (χ0) is 28.0. The summed E-state index contributed by atoms with van der Waals surface area (Å²) >= 11 is 0. The first kappa shape index (κ1) is 25.8. The smallest absolute Gasteiger partial charge is 0.0712 e. The molecule has 1 heteroatoms. The summed E-state index contributed by atoms with van der Waals surface area (Å²) in [7, 11) is 0. The van der Waals surface area contributed by atoms with Crippen molar-refractivity contribution < 1.29 is 0 Å². The van der Waals surface area contributed by atoms with Crippen LogP contribution in [0.4, 0.5) is 5.69 Å². The van der Waals surface area contributed by atoms with Gasteiger partial charge >= 0.3 is 0 Å². The summed E-state index contributed by atoms with van der Waals surface area (Å²) in [5.41, 5.74) is 12.9. The molecule has 0 spiro atoms. The first-order valence-electron chi connectivity index (χ1n) is 15.3. The fraction of sp³-hybridized carbons (Fsp3) is 0.250. The maximum atomic E-state index is 3.94. The van der Waals surface area contributed by atoms with Crippen molar-refractivity contribution in [1.82, 2.24) is 0 Å². The second-order valence-electron chi connectivity index (χ2n) is 12.2. The van der Waals surface area contributed by atoms with E-state index in [0.29, 0.717) is 6.04 Å². The van der Waals surface area contributed by atoms with Gasteiger partial charge in [0.1, 0.15) is 0 Å². The van der Waals surface area contributed by atoms with Crippen LogP contribution in [0.1, 0.15) is 78.0 Å². The van der Waals surface area contributed by atoms with Crippen LogP contribution in [-0.4, -0.2) is 6.04 Å². The maximum absolute atomic E-state index is 3.94. The normalized spacial score (nSPS) is 16.3. The van der Waals surface area contributed by atoms with Crippen molar-refractivity contribution in [2.24, 2.45) is 0 Å². The zero-order valence-corrected chi connectivity index (χ0v) is 24.5. The molecule has 0 radical (unpaired) electrons. The molecule has 0 heterocycles. The molecule has 4 aromatic carbocycles. The van der Waals surface area contributed by atoms with Gasteiger partial charge in [-0.25, -0.2) is 0 Å². The Hall–Kier alpha value is -4.10. The second-order valence-corrected chi connectivity index (χ2v) is 12.2. The Morgan fingerprint density at radius 3 is 2.07 bits per heavy atom. The van der Waals surface area contributed by atoms with Gasteiger partial charge in [-0.05, 0) is 112 Å². The van der Waals surface area contributed by atoms with E-state index in [2.05, 4.69) is 135 Å². The highest BCUT2D eigenvalue weighted by Gasteiger charge is 2.44. The molecule has 1 saturated carbocycles. The first-order valence-corrected chi connectivity index (χ1v) is 15.3. The molecule has 1 nitrogen and oxygen atoms in total. The van der Waals surface area contributed by atoms with Gasteiger partial charge in [0.05, 0.1) is 5.41 Å². The topological polar surface area (TPSA) is 12.0 Å². The standard InChI is InChI=1S/C40H39N/c1-27-24-32-25-30-14-13-15-31(30)26-36(32)39(27)40(33-16-7-4-8-17-33,34-18-9-5-10-19-34)37-22-23-38(29(3)28(37)2)41-35-20-11-6-12-21-35/h4-5,7-10,13-19,22-26,35,41H,6,11-12,20-21H2,1-3H3. The molecule has 0 unspecified atom stereocenters. The molecule has 3 aliphatic carbocycles. The number of hydrogen-bond acceptors (Lipinski definition) is 1. The molecule has 1 N–H and O–H groups in total. The first-order chi connectivity index (χ1) is 20.1. The Labute approximate surface area is 244 Å². The van der Waals surface area contributed by atoms with Crippen LogP contribution in [0.3, 0.4) is 0 Å². The van der Waals surface area contributed by atoms with Gasteiger partial charge < -0.3 is 5.32 Å². The van der Waals surface area contributed by atoms with E-state index in [-0.39, 0.29) is 0 Å². The van der Waals surface area contributed by atoms with Crippen molar-refractivity contribution in [1.29, 1.82) is 0 Å². The van der Waals surface area contributed by atoms with E-state index in [1.54, 1.807) is 0 Å². The molecule has 204 valence electrons. The molecule has 0 bridgehead atoms. The number of anilines is 1. The third kappa shape index (κ3) is 4.22. The van der Waals surface area contributed by atoms with E-state index >= 15 is 0 Å². The molecule has 0 atom stereocenters. The minimum Gasteiger partial charge on any atom is -0.382 e. The van der Waals surface area contributed by atoms with E-state index in [4.69, 9.17) is 0 Å². The van der Waals surface area contributed by atoms with Gasteiger partial charge in [-0.2, -0.15) is 0 Å². The maximum Gasteiger partial charge on any atom is 0.0712 e. The number of allylic oxidation sites excluding steroid dienone is 3. The summed E-state index contributed by atoms with van der Waals surface area (Å²) in [5, 5.41) is 6.56. The molecule has 0 amide bonds. The van der Waals surface area contributed by atoms with Gasteiger partial charge in [-0.15, -0.1) is 0 Å². The molecular formula is C40H39N. The van der Waals surface area contributed by atoms with Crippen LogP contribution in [0.25, 0.3) is 23.8 Å². The van der Waals surface area contributed by atoms with Crippen molar-refractivity contribution in [3.05, 3.63) is 146 Å². The van der Waals surface area contributed by atoms with E-state index < -0.39 is 5.41 Å². The Bertz CT molecular complexity index is 1760. The van der Waals surface area contributed by atoms with Crippen LogP contribution in [-0.2, 0) is 5.41 Å². The monoisotopic (exact) mass is 533 g/mol. The van der Waals surface area contributed by atoms with Crippen LogP contribution >= 0.6 is 0 Å². The number of nitrogens with one attached hydrogen (secondary N) is 1. The minimum atomic E-state index is -0.465. The van der Waals surface area contributed by atoms with E-state index in [9.17, 15) is 0 Å². The van der Waals surface area contributed by atoms with Crippen LogP contribution in [0.2, 0.25) is 0 Å².